The largest absolute Gasteiger partial charge is 0.319 e. The highest BCUT2D eigenvalue weighted by molar-refractivity contribution is 5.80. The zero-order valence-electron chi connectivity index (χ0n) is 16.5. The van der Waals surface area contributed by atoms with Crippen molar-refractivity contribution < 1.29 is 0 Å². The minimum atomic E-state index is 0.153. The van der Waals surface area contributed by atoms with Crippen molar-refractivity contribution in [3.05, 3.63) is 89.5 Å². The van der Waals surface area contributed by atoms with Gasteiger partial charge < -0.3 is 4.57 Å². The number of para-hydroxylation sites is 2. The number of nitrogens with zero attached hydrogens (tertiary/aromatic N) is 2. The third kappa shape index (κ3) is 3.40. The summed E-state index contributed by atoms with van der Waals surface area (Å²) < 4.78 is 2.34. The molecule has 136 valence electrons. The van der Waals surface area contributed by atoms with E-state index in [1.54, 1.807) is 0 Å². The first-order chi connectivity index (χ1) is 12.9. The van der Waals surface area contributed by atoms with E-state index < -0.39 is 0 Å². The monoisotopic (exact) mass is 354 g/mol. The van der Waals surface area contributed by atoms with Crippen molar-refractivity contribution in [1.29, 1.82) is 0 Å². The summed E-state index contributed by atoms with van der Waals surface area (Å²) in [6, 6.07) is 25.8. The average molecular weight is 354 g/mol. The molecule has 0 aliphatic heterocycles. The van der Waals surface area contributed by atoms with E-state index in [1.165, 1.54) is 22.2 Å². The molecule has 0 saturated heterocycles. The lowest BCUT2D eigenvalue weighted by Crippen LogP contribution is -2.10. The van der Waals surface area contributed by atoms with Crippen LogP contribution in [0.2, 0.25) is 0 Å². The lowest BCUT2D eigenvalue weighted by atomic mass is 9.87. The van der Waals surface area contributed by atoms with Crippen molar-refractivity contribution >= 4 is 11.0 Å². The molecule has 0 bridgehead atoms. The van der Waals surface area contributed by atoms with Gasteiger partial charge in [-0.3, -0.25) is 0 Å². The van der Waals surface area contributed by atoms with Crippen LogP contribution in [0.5, 0.6) is 0 Å². The molecule has 0 spiro atoms. The molecule has 0 saturated carbocycles. The van der Waals surface area contributed by atoms with Gasteiger partial charge in [0.15, 0.2) is 0 Å². The molecule has 1 aromatic heterocycles. The highest BCUT2D eigenvalue weighted by Gasteiger charge is 2.16. The molecule has 2 heteroatoms. The number of imidazole rings is 1. The number of benzene rings is 3. The second-order valence-corrected chi connectivity index (χ2v) is 8.26. The Morgan fingerprint density at radius 2 is 1.48 bits per heavy atom. The fourth-order valence-corrected chi connectivity index (χ4v) is 3.53. The number of rotatable bonds is 3. The summed E-state index contributed by atoms with van der Waals surface area (Å²) in [5.74, 6) is 1.03. The van der Waals surface area contributed by atoms with Gasteiger partial charge in [0, 0.05) is 12.1 Å². The summed E-state index contributed by atoms with van der Waals surface area (Å²) in [5, 5.41) is 0. The maximum atomic E-state index is 4.96. The molecule has 0 aliphatic carbocycles. The lowest BCUT2D eigenvalue weighted by Gasteiger charge is -2.19. The van der Waals surface area contributed by atoms with E-state index >= 15 is 0 Å². The van der Waals surface area contributed by atoms with Gasteiger partial charge in [-0.15, -0.1) is 0 Å². The van der Waals surface area contributed by atoms with Crippen LogP contribution in [0.15, 0.2) is 72.8 Å². The molecule has 1 heterocycles. The predicted octanol–water partition coefficient (Wildman–Crippen LogP) is 6.36. The molecule has 0 radical (unpaired) electrons. The Bertz CT molecular complexity index is 1080. The summed E-state index contributed by atoms with van der Waals surface area (Å²) in [5.41, 5.74) is 7.51. The molecule has 0 fully saturated rings. The molecule has 3 aromatic carbocycles. The van der Waals surface area contributed by atoms with Gasteiger partial charge in [-0.2, -0.15) is 0 Å². The van der Waals surface area contributed by atoms with Crippen LogP contribution < -0.4 is 0 Å². The van der Waals surface area contributed by atoms with Crippen LogP contribution in [0, 0.1) is 6.92 Å². The molecule has 0 N–H and O–H groups in total. The van der Waals surface area contributed by atoms with E-state index in [2.05, 4.69) is 105 Å². The Balaban J connectivity index is 1.84. The highest BCUT2D eigenvalue weighted by Crippen LogP contribution is 2.29. The van der Waals surface area contributed by atoms with Crippen molar-refractivity contribution in [3.63, 3.8) is 0 Å². The standard InChI is InChI=1S/C25H26N2/c1-18-9-5-6-10-20(18)17-27-23-12-8-7-11-22(23)26-24(27)19-13-15-21(16-14-19)25(2,3)4/h5-16H,17H2,1-4H3. The fraction of sp³-hybridized carbons (Fsp3) is 0.240. The maximum absolute atomic E-state index is 4.96. The van der Waals surface area contributed by atoms with Crippen molar-refractivity contribution in [3.8, 4) is 11.4 Å². The second-order valence-electron chi connectivity index (χ2n) is 8.26. The van der Waals surface area contributed by atoms with E-state index in [0.717, 1.165) is 23.4 Å². The molecule has 0 atom stereocenters. The van der Waals surface area contributed by atoms with Crippen LogP contribution in [0.1, 0.15) is 37.5 Å². The summed E-state index contributed by atoms with van der Waals surface area (Å²) in [6.07, 6.45) is 0. The number of aromatic nitrogens is 2. The van der Waals surface area contributed by atoms with Gasteiger partial charge in [-0.05, 0) is 41.2 Å². The molecule has 4 rings (SSSR count). The van der Waals surface area contributed by atoms with Crippen molar-refractivity contribution in [1.82, 2.24) is 9.55 Å². The third-order valence-corrected chi connectivity index (χ3v) is 5.25. The zero-order valence-corrected chi connectivity index (χ0v) is 16.5. The lowest BCUT2D eigenvalue weighted by molar-refractivity contribution is 0.590. The third-order valence-electron chi connectivity index (χ3n) is 5.25. The number of hydrogen-bond acceptors (Lipinski definition) is 1. The molecule has 4 aromatic rings. The second kappa shape index (κ2) is 6.70. The van der Waals surface area contributed by atoms with Crippen LogP contribution in [-0.4, -0.2) is 9.55 Å². The summed E-state index contributed by atoms with van der Waals surface area (Å²) in [4.78, 5) is 4.96. The maximum Gasteiger partial charge on any atom is 0.141 e. The Morgan fingerprint density at radius 3 is 2.19 bits per heavy atom. The van der Waals surface area contributed by atoms with Crippen molar-refractivity contribution in [2.45, 2.75) is 39.7 Å². The number of hydrogen-bond donors (Lipinski definition) is 0. The van der Waals surface area contributed by atoms with Gasteiger partial charge in [0.25, 0.3) is 0 Å². The van der Waals surface area contributed by atoms with E-state index in [9.17, 15) is 0 Å². The highest BCUT2D eigenvalue weighted by atomic mass is 15.1. The van der Waals surface area contributed by atoms with E-state index in [1.807, 2.05) is 0 Å². The molecule has 27 heavy (non-hydrogen) atoms. The smallest absolute Gasteiger partial charge is 0.141 e. The fourth-order valence-electron chi connectivity index (χ4n) is 3.53. The minimum Gasteiger partial charge on any atom is -0.319 e. The van der Waals surface area contributed by atoms with Crippen LogP contribution in [-0.2, 0) is 12.0 Å². The first-order valence-corrected chi connectivity index (χ1v) is 9.54. The molecule has 0 aliphatic rings. The molecule has 0 unspecified atom stereocenters. The Morgan fingerprint density at radius 1 is 0.815 bits per heavy atom. The molecular formula is C25H26N2. The normalized spacial score (nSPS) is 11.9. The molecular weight excluding hydrogens is 328 g/mol. The van der Waals surface area contributed by atoms with Gasteiger partial charge in [0.2, 0.25) is 0 Å². The first kappa shape index (κ1) is 17.5. The average Bonchev–Trinajstić information content (AvgIpc) is 3.02. The first-order valence-electron chi connectivity index (χ1n) is 9.54. The Labute approximate surface area is 161 Å². The summed E-state index contributed by atoms with van der Waals surface area (Å²) in [6.45, 7) is 9.73. The van der Waals surface area contributed by atoms with E-state index in [-0.39, 0.29) is 5.41 Å². The van der Waals surface area contributed by atoms with E-state index in [0.29, 0.717) is 0 Å². The van der Waals surface area contributed by atoms with Gasteiger partial charge in [0.1, 0.15) is 5.82 Å². The van der Waals surface area contributed by atoms with Crippen molar-refractivity contribution in [2.24, 2.45) is 0 Å². The molecule has 2 nitrogen and oxygen atoms in total. The van der Waals surface area contributed by atoms with Gasteiger partial charge in [-0.25, -0.2) is 4.98 Å². The quantitative estimate of drug-likeness (QED) is 0.419. The van der Waals surface area contributed by atoms with Gasteiger partial charge in [-0.1, -0.05) is 81.4 Å². The number of fused-ring (bicyclic) bond motifs is 1. The van der Waals surface area contributed by atoms with Gasteiger partial charge in [0.05, 0.1) is 11.0 Å². The summed E-state index contributed by atoms with van der Waals surface area (Å²) >= 11 is 0. The Hall–Kier alpha value is -2.87. The SMILES string of the molecule is Cc1ccccc1Cn1c(-c2ccc(C(C)(C)C)cc2)nc2ccccc21. The minimum absolute atomic E-state index is 0.153. The van der Waals surface area contributed by atoms with E-state index in [4.69, 9.17) is 4.98 Å². The van der Waals surface area contributed by atoms with Crippen LogP contribution in [0.3, 0.4) is 0 Å². The topological polar surface area (TPSA) is 17.8 Å². The zero-order chi connectivity index (χ0) is 19.0. The van der Waals surface area contributed by atoms with Crippen LogP contribution in [0.4, 0.5) is 0 Å². The van der Waals surface area contributed by atoms with Crippen LogP contribution in [0.25, 0.3) is 22.4 Å². The Kier molecular flexibility index (Phi) is 4.35. The summed E-state index contributed by atoms with van der Waals surface area (Å²) in [7, 11) is 0. The predicted molar refractivity (Wildman–Crippen MR) is 114 cm³/mol. The molecule has 0 amide bonds. The number of aryl methyl sites for hydroxylation is 1. The van der Waals surface area contributed by atoms with Crippen LogP contribution >= 0.6 is 0 Å². The van der Waals surface area contributed by atoms with Crippen molar-refractivity contribution in [2.75, 3.05) is 0 Å². The van der Waals surface area contributed by atoms with Gasteiger partial charge >= 0.3 is 0 Å².